The Morgan fingerprint density at radius 1 is 1.45 bits per heavy atom. The molecule has 1 heterocycles. The maximum absolute atomic E-state index is 12.7. The maximum atomic E-state index is 12.7. The van der Waals surface area contributed by atoms with Crippen molar-refractivity contribution in [3.8, 4) is 0 Å². The molecule has 1 N–H and O–H groups in total. The van der Waals surface area contributed by atoms with Gasteiger partial charge in [-0.05, 0) is 50.9 Å². The second-order valence-electron chi connectivity index (χ2n) is 5.62. The van der Waals surface area contributed by atoms with Crippen LogP contribution in [0.5, 0.6) is 0 Å². The first-order valence-corrected chi connectivity index (χ1v) is 7.58. The molecule has 1 aromatic carbocycles. The summed E-state index contributed by atoms with van der Waals surface area (Å²) in [7, 11) is 1.82. The van der Waals surface area contributed by atoms with Crippen LogP contribution in [-0.2, 0) is 4.79 Å². The predicted molar refractivity (Wildman–Crippen MR) is 83.3 cm³/mol. The first kappa shape index (κ1) is 15.6. The van der Waals surface area contributed by atoms with Crippen LogP contribution in [0.15, 0.2) is 18.2 Å². The van der Waals surface area contributed by atoms with Crippen molar-refractivity contribution in [3.05, 3.63) is 33.8 Å². The lowest BCUT2D eigenvalue weighted by Crippen LogP contribution is -2.52. The molecule has 1 aliphatic rings. The molecule has 1 saturated heterocycles. The van der Waals surface area contributed by atoms with Gasteiger partial charge in [-0.1, -0.05) is 29.3 Å². The molecule has 2 atom stereocenters. The number of rotatable bonds is 3. The monoisotopic (exact) mass is 314 g/mol. The first-order chi connectivity index (χ1) is 9.35. The average Bonchev–Trinajstić information content (AvgIpc) is 2.84. The minimum atomic E-state index is -0.456. The number of benzene rings is 1. The number of carbonyl (C=O) groups is 1. The molecule has 2 rings (SSSR count). The third-order valence-corrected chi connectivity index (χ3v) is 4.72. The van der Waals surface area contributed by atoms with Gasteiger partial charge < -0.3 is 10.2 Å². The highest BCUT2D eigenvalue weighted by Gasteiger charge is 2.39. The second-order valence-corrected chi connectivity index (χ2v) is 6.46. The van der Waals surface area contributed by atoms with Gasteiger partial charge in [0.15, 0.2) is 0 Å². The van der Waals surface area contributed by atoms with Crippen molar-refractivity contribution >= 4 is 29.1 Å². The van der Waals surface area contributed by atoms with E-state index < -0.39 is 5.54 Å². The molecular formula is C15H20Cl2N2O. The molecule has 1 fully saturated rings. The van der Waals surface area contributed by atoms with Crippen LogP contribution in [0.3, 0.4) is 0 Å². The molecule has 1 aliphatic heterocycles. The van der Waals surface area contributed by atoms with Gasteiger partial charge in [-0.3, -0.25) is 4.79 Å². The van der Waals surface area contributed by atoms with Crippen molar-refractivity contribution < 1.29 is 4.79 Å². The molecule has 0 aliphatic carbocycles. The van der Waals surface area contributed by atoms with Gasteiger partial charge in [0, 0.05) is 17.1 Å². The highest BCUT2D eigenvalue weighted by atomic mass is 35.5. The summed E-state index contributed by atoms with van der Waals surface area (Å²) < 4.78 is 0. The van der Waals surface area contributed by atoms with E-state index in [1.165, 1.54) is 0 Å². The summed E-state index contributed by atoms with van der Waals surface area (Å²) in [6.45, 7) is 4.84. The minimum Gasteiger partial charge on any atom is -0.337 e. The smallest absolute Gasteiger partial charge is 0.242 e. The molecule has 20 heavy (non-hydrogen) atoms. The molecule has 0 bridgehead atoms. The van der Waals surface area contributed by atoms with Crippen molar-refractivity contribution in [1.82, 2.24) is 10.2 Å². The van der Waals surface area contributed by atoms with E-state index in [2.05, 4.69) is 5.32 Å². The molecule has 5 heteroatoms. The van der Waals surface area contributed by atoms with Crippen LogP contribution in [0.25, 0.3) is 0 Å². The van der Waals surface area contributed by atoms with Gasteiger partial charge in [0.2, 0.25) is 5.91 Å². The van der Waals surface area contributed by atoms with E-state index in [0.717, 1.165) is 24.9 Å². The minimum absolute atomic E-state index is 0.0912. The van der Waals surface area contributed by atoms with Gasteiger partial charge in [-0.2, -0.15) is 0 Å². The van der Waals surface area contributed by atoms with Gasteiger partial charge in [-0.25, -0.2) is 0 Å². The molecule has 0 radical (unpaired) electrons. The molecule has 1 amide bonds. The van der Waals surface area contributed by atoms with Gasteiger partial charge in [0.1, 0.15) is 0 Å². The SMILES string of the molecule is CC(c1ccc(Cl)cc1Cl)N(C)C(=O)C1(C)CCCN1. The number of nitrogens with one attached hydrogen (secondary N) is 1. The fourth-order valence-electron chi connectivity index (χ4n) is 2.69. The van der Waals surface area contributed by atoms with E-state index in [1.54, 1.807) is 17.0 Å². The molecule has 110 valence electrons. The molecule has 0 aromatic heterocycles. The van der Waals surface area contributed by atoms with Crippen LogP contribution in [0.1, 0.15) is 38.3 Å². The predicted octanol–water partition coefficient (Wildman–Crippen LogP) is 3.65. The van der Waals surface area contributed by atoms with Crippen molar-refractivity contribution in [2.75, 3.05) is 13.6 Å². The number of amides is 1. The van der Waals surface area contributed by atoms with Crippen LogP contribution >= 0.6 is 23.2 Å². The lowest BCUT2D eigenvalue weighted by atomic mass is 9.96. The Labute approximate surface area is 130 Å². The summed E-state index contributed by atoms with van der Waals surface area (Å²) in [5.41, 5.74) is 0.454. The Morgan fingerprint density at radius 3 is 2.70 bits per heavy atom. The van der Waals surface area contributed by atoms with Crippen molar-refractivity contribution in [3.63, 3.8) is 0 Å². The van der Waals surface area contributed by atoms with E-state index in [1.807, 2.05) is 27.0 Å². The normalized spacial score (nSPS) is 23.6. The highest BCUT2D eigenvalue weighted by Crippen LogP contribution is 2.31. The fourth-order valence-corrected chi connectivity index (χ4v) is 3.26. The molecule has 2 unspecified atom stereocenters. The Bertz CT molecular complexity index is 513. The second kappa shape index (κ2) is 5.92. The summed E-state index contributed by atoms with van der Waals surface area (Å²) in [5, 5.41) is 4.49. The van der Waals surface area contributed by atoms with Crippen LogP contribution < -0.4 is 5.32 Å². The zero-order valence-electron chi connectivity index (χ0n) is 12.0. The number of hydrogen-bond acceptors (Lipinski definition) is 2. The van der Waals surface area contributed by atoms with Gasteiger partial charge in [0.25, 0.3) is 0 Å². The molecule has 1 aromatic rings. The van der Waals surface area contributed by atoms with E-state index in [0.29, 0.717) is 10.0 Å². The summed E-state index contributed by atoms with van der Waals surface area (Å²) in [4.78, 5) is 14.4. The summed E-state index contributed by atoms with van der Waals surface area (Å²) in [5.74, 6) is 0.105. The van der Waals surface area contributed by atoms with E-state index in [4.69, 9.17) is 23.2 Å². The average molecular weight is 315 g/mol. The van der Waals surface area contributed by atoms with Crippen LogP contribution in [-0.4, -0.2) is 29.9 Å². The van der Waals surface area contributed by atoms with Gasteiger partial charge in [0.05, 0.1) is 11.6 Å². The zero-order valence-corrected chi connectivity index (χ0v) is 13.6. The third kappa shape index (κ3) is 2.95. The van der Waals surface area contributed by atoms with Gasteiger partial charge >= 0.3 is 0 Å². The van der Waals surface area contributed by atoms with E-state index >= 15 is 0 Å². The standard InChI is InChI=1S/C15H20Cl2N2O/c1-10(12-6-5-11(16)9-13(12)17)19(3)14(20)15(2)7-4-8-18-15/h5-6,9-10,18H,4,7-8H2,1-3H3. The maximum Gasteiger partial charge on any atom is 0.242 e. The Kier molecular flexibility index (Phi) is 4.62. The lowest BCUT2D eigenvalue weighted by molar-refractivity contribution is -0.137. The quantitative estimate of drug-likeness (QED) is 0.923. The van der Waals surface area contributed by atoms with Crippen molar-refractivity contribution in [2.45, 2.75) is 38.3 Å². The number of carbonyl (C=O) groups excluding carboxylic acids is 1. The topological polar surface area (TPSA) is 32.3 Å². The third-order valence-electron chi connectivity index (χ3n) is 4.15. The molecule has 0 spiro atoms. The molecular weight excluding hydrogens is 295 g/mol. The molecule has 3 nitrogen and oxygen atoms in total. The summed E-state index contributed by atoms with van der Waals surface area (Å²) >= 11 is 12.1. The zero-order chi connectivity index (χ0) is 14.9. The van der Waals surface area contributed by atoms with Crippen molar-refractivity contribution in [1.29, 1.82) is 0 Å². The fraction of sp³-hybridized carbons (Fsp3) is 0.533. The van der Waals surface area contributed by atoms with Crippen molar-refractivity contribution in [2.24, 2.45) is 0 Å². The Morgan fingerprint density at radius 2 is 2.15 bits per heavy atom. The Hall–Kier alpha value is -0.770. The van der Waals surface area contributed by atoms with E-state index in [-0.39, 0.29) is 11.9 Å². The van der Waals surface area contributed by atoms with Crippen LogP contribution in [0.4, 0.5) is 0 Å². The first-order valence-electron chi connectivity index (χ1n) is 6.82. The summed E-state index contributed by atoms with van der Waals surface area (Å²) in [6.07, 6.45) is 1.91. The number of nitrogens with zero attached hydrogens (tertiary/aromatic N) is 1. The summed E-state index contributed by atoms with van der Waals surface area (Å²) in [6, 6.07) is 5.30. The Balaban J connectivity index is 2.19. The number of hydrogen-bond donors (Lipinski definition) is 1. The largest absolute Gasteiger partial charge is 0.337 e. The van der Waals surface area contributed by atoms with Crippen LogP contribution in [0, 0.1) is 0 Å². The molecule has 0 saturated carbocycles. The van der Waals surface area contributed by atoms with Crippen LogP contribution in [0.2, 0.25) is 10.0 Å². The lowest BCUT2D eigenvalue weighted by Gasteiger charge is -2.33. The highest BCUT2D eigenvalue weighted by molar-refractivity contribution is 6.35. The van der Waals surface area contributed by atoms with Gasteiger partial charge in [-0.15, -0.1) is 0 Å². The number of halogens is 2. The number of likely N-dealkylation sites (N-methyl/N-ethyl adjacent to an activating group) is 1. The van der Waals surface area contributed by atoms with E-state index in [9.17, 15) is 4.79 Å².